The SMILES string of the molecule is COc1cc(N)c(Cl)cc1NCc1ccccc1. The number of nitrogens with two attached hydrogens (primary N) is 1. The maximum Gasteiger partial charge on any atom is 0.144 e. The summed E-state index contributed by atoms with van der Waals surface area (Å²) >= 11 is 6.00. The Labute approximate surface area is 112 Å². The van der Waals surface area contributed by atoms with E-state index in [1.54, 1.807) is 19.2 Å². The molecule has 2 aromatic rings. The van der Waals surface area contributed by atoms with Crippen LogP contribution in [0, 0.1) is 0 Å². The zero-order valence-electron chi connectivity index (χ0n) is 10.1. The van der Waals surface area contributed by atoms with E-state index >= 15 is 0 Å². The topological polar surface area (TPSA) is 47.3 Å². The van der Waals surface area contributed by atoms with E-state index in [1.807, 2.05) is 18.2 Å². The van der Waals surface area contributed by atoms with Gasteiger partial charge in [0.1, 0.15) is 5.75 Å². The van der Waals surface area contributed by atoms with Crippen LogP contribution in [-0.4, -0.2) is 7.11 Å². The number of hydrogen-bond donors (Lipinski definition) is 2. The molecule has 0 heterocycles. The van der Waals surface area contributed by atoms with Gasteiger partial charge in [-0.15, -0.1) is 0 Å². The van der Waals surface area contributed by atoms with Crippen molar-refractivity contribution >= 4 is 23.0 Å². The average molecular weight is 263 g/mol. The summed E-state index contributed by atoms with van der Waals surface area (Å²) in [7, 11) is 1.61. The van der Waals surface area contributed by atoms with Gasteiger partial charge in [0, 0.05) is 12.6 Å². The summed E-state index contributed by atoms with van der Waals surface area (Å²) in [5, 5.41) is 3.80. The van der Waals surface area contributed by atoms with Crippen molar-refractivity contribution in [3.63, 3.8) is 0 Å². The number of ether oxygens (including phenoxy) is 1. The predicted molar refractivity (Wildman–Crippen MR) is 76.2 cm³/mol. The second kappa shape index (κ2) is 5.65. The number of anilines is 2. The third-order valence-electron chi connectivity index (χ3n) is 2.64. The minimum atomic E-state index is 0.513. The van der Waals surface area contributed by atoms with Crippen molar-refractivity contribution in [2.24, 2.45) is 0 Å². The van der Waals surface area contributed by atoms with Crippen LogP contribution in [0.25, 0.3) is 0 Å². The van der Waals surface area contributed by atoms with Gasteiger partial charge in [-0.25, -0.2) is 0 Å². The molecule has 0 aliphatic rings. The summed E-state index contributed by atoms with van der Waals surface area (Å²) in [4.78, 5) is 0. The molecule has 2 aromatic carbocycles. The van der Waals surface area contributed by atoms with Gasteiger partial charge in [-0.05, 0) is 11.6 Å². The van der Waals surface area contributed by atoms with Crippen LogP contribution in [0.4, 0.5) is 11.4 Å². The molecule has 0 unspecified atom stereocenters. The average Bonchev–Trinajstić information content (AvgIpc) is 2.41. The van der Waals surface area contributed by atoms with E-state index in [0.29, 0.717) is 23.0 Å². The minimum absolute atomic E-state index is 0.513. The lowest BCUT2D eigenvalue weighted by Crippen LogP contribution is -2.02. The zero-order chi connectivity index (χ0) is 13.0. The highest BCUT2D eigenvalue weighted by Crippen LogP contribution is 2.32. The molecule has 3 N–H and O–H groups in total. The maximum absolute atomic E-state index is 6.00. The molecule has 0 amide bonds. The van der Waals surface area contributed by atoms with Crippen LogP contribution < -0.4 is 15.8 Å². The van der Waals surface area contributed by atoms with Gasteiger partial charge in [-0.2, -0.15) is 0 Å². The Balaban J connectivity index is 2.16. The zero-order valence-corrected chi connectivity index (χ0v) is 10.9. The quantitative estimate of drug-likeness (QED) is 0.829. The van der Waals surface area contributed by atoms with Gasteiger partial charge in [0.05, 0.1) is 23.5 Å². The molecular formula is C14H15ClN2O. The fourth-order valence-electron chi connectivity index (χ4n) is 1.67. The number of hydrogen-bond acceptors (Lipinski definition) is 3. The summed E-state index contributed by atoms with van der Waals surface area (Å²) in [6.45, 7) is 0.706. The lowest BCUT2D eigenvalue weighted by molar-refractivity contribution is 0.416. The van der Waals surface area contributed by atoms with Gasteiger partial charge < -0.3 is 15.8 Å². The molecule has 2 rings (SSSR count). The third-order valence-corrected chi connectivity index (χ3v) is 2.97. The summed E-state index contributed by atoms with van der Waals surface area (Å²) < 4.78 is 5.27. The summed E-state index contributed by atoms with van der Waals surface area (Å²) in [5.41, 5.74) is 8.27. The molecule has 0 atom stereocenters. The van der Waals surface area contributed by atoms with Crippen LogP contribution >= 0.6 is 11.6 Å². The Morgan fingerprint density at radius 3 is 2.61 bits per heavy atom. The Morgan fingerprint density at radius 1 is 1.22 bits per heavy atom. The van der Waals surface area contributed by atoms with E-state index in [1.165, 1.54) is 5.56 Å². The smallest absolute Gasteiger partial charge is 0.144 e. The molecule has 3 nitrogen and oxygen atoms in total. The Hall–Kier alpha value is -1.87. The molecule has 0 aromatic heterocycles. The second-order valence-electron chi connectivity index (χ2n) is 3.91. The van der Waals surface area contributed by atoms with Crippen LogP contribution in [0.2, 0.25) is 5.02 Å². The van der Waals surface area contributed by atoms with Crippen LogP contribution in [0.5, 0.6) is 5.75 Å². The van der Waals surface area contributed by atoms with Crippen LogP contribution in [0.15, 0.2) is 42.5 Å². The molecule has 0 aliphatic heterocycles. The van der Waals surface area contributed by atoms with Gasteiger partial charge in [0.25, 0.3) is 0 Å². The van der Waals surface area contributed by atoms with E-state index in [-0.39, 0.29) is 0 Å². The third kappa shape index (κ3) is 2.87. The highest BCUT2D eigenvalue weighted by atomic mass is 35.5. The fourth-order valence-corrected chi connectivity index (χ4v) is 1.83. The van der Waals surface area contributed by atoms with Crippen molar-refractivity contribution in [3.8, 4) is 5.75 Å². The van der Waals surface area contributed by atoms with Gasteiger partial charge in [0.2, 0.25) is 0 Å². The van der Waals surface area contributed by atoms with Gasteiger partial charge >= 0.3 is 0 Å². The maximum atomic E-state index is 6.00. The van der Waals surface area contributed by atoms with E-state index in [2.05, 4.69) is 17.4 Å². The van der Waals surface area contributed by atoms with Crippen LogP contribution in [0.1, 0.15) is 5.56 Å². The van der Waals surface area contributed by atoms with Gasteiger partial charge in [-0.1, -0.05) is 41.9 Å². The molecule has 18 heavy (non-hydrogen) atoms. The second-order valence-corrected chi connectivity index (χ2v) is 4.32. The lowest BCUT2D eigenvalue weighted by atomic mass is 10.2. The number of rotatable bonds is 4. The molecule has 0 saturated carbocycles. The first-order chi connectivity index (χ1) is 8.70. The van der Waals surface area contributed by atoms with Crippen molar-refractivity contribution in [3.05, 3.63) is 53.1 Å². The molecule has 0 saturated heterocycles. The predicted octanol–water partition coefficient (Wildman–Crippen LogP) is 3.54. The molecule has 94 valence electrons. The van der Waals surface area contributed by atoms with Crippen molar-refractivity contribution in [1.82, 2.24) is 0 Å². The highest BCUT2D eigenvalue weighted by molar-refractivity contribution is 6.33. The first-order valence-corrected chi connectivity index (χ1v) is 5.99. The monoisotopic (exact) mass is 262 g/mol. The number of halogens is 1. The van der Waals surface area contributed by atoms with E-state index in [4.69, 9.17) is 22.1 Å². The van der Waals surface area contributed by atoms with Crippen LogP contribution in [-0.2, 0) is 6.54 Å². The van der Waals surface area contributed by atoms with Gasteiger partial charge in [-0.3, -0.25) is 0 Å². The van der Waals surface area contributed by atoms with Crippen molar-refractivity contribution < 1.29 is 4.74 Å². The standard InChI is InChI=1S/C14H15ClN2O/c1-18-14-8-12(16)11(15)7-13(14)17-9-10-5-3-2-4-6-10/h2-8,17H,9,16H2,1H3. The largest absolute Gasteiger partial charge is 0.495 e. The first kappa shape index (κ1) is 12.6. The number of nitrogen functional groups attached to an aromatic ring is 1. The number of methoxy groups -OCH3 is 1. The fraction of sp³-hybridized carbons (Fsp3) is 0.143. The molecule has 0 fully saturated rings. The van der Waals surface area contributed by atoms with Gasteiger partial charge in [0.15, 0.2) is 0 Å². The summed E-state index contributed by atoms with van der Waals surface area (Å²) in [6.07, 6.45) is 0. The van der Waals surface area contributed by atoms with Crippen molar-refractivity contribution in [2.75, 3.05) is 18.2 Å². The molecule has 0 bridgehead atoms. The molecule has 4 heteroatoms. The number of benzene rings is 2. The highest BCUT2D eigenvalue weighted by Gasteiger charge is 2.07. The summed E-state index contributed by atoms with van der Waals surface area (Å²) in [5.74, 6) is 0.688. The Kier molecular flexibility index (Phi) is 3.95. The van der Waals surface area contributed by atoms with E-state index < -0.39 is 0 Å². The normalized spacial score (nSPS) is 10.1. The molecule has 0 radical (unpaired) electrons. The number of nitrogens with one attached hydrogen (secondary N) is 1. The van der Waals surface area contributed by atoms with E-state index in [9.17, 15) is 0 Å². The van der Waals surface area contributed by atoms with Crippen molar-refractivity contribution in [2.45, 2.75) is 6.54 Å². The van der Waals surface area contributed by atoms with Crippen LogP contribution in [0.3, 0.4) is 0 Å². The van der Waals surface area contributed by atoms with Crippen molar-refractivity contribution in [1.29, 1.82) is 0 Å². The van der Waals surface area contributed by atoms with E-state index in [0.717, 1.165) is 5.69 Å². The lowest BCUT2D eigenvalue weighted by Gasteiger charge is -2.13. The minimum Gasteiger partial charge on any atom is -0.495 e. The Bertz CT molecular complexity index is 529. The summed E-state index contributed by atoms with van der Waals surface area (Å²) in [6, 6.07) is 13.6. The molecular weight excluding hydrogens is 248 g/mol. The Morgan fingerprint density at radius 2 is 1.94 bits per heavy atom. The molecule has 0 spiro atoms. The molecule has 0 aliphatic carbocycles. The first-order valence-electron chi connectivity index (χ1n) is 5.61.